The Morgan fingerprint density at radius 3 is 2.61 bits per heavy atom. The Morgan fingerprint density at radius 2 is 1.97 bits per heavy atom. The molecule has 1 aromatic carbocycles. The second-order valence-electron chi connectivity index (χ2n) is 7.75. The summed E-state index contributed by atoms with van der Waals surface area (Å²) < 4.78 is 15.3. The minimum absolute atomic E-state index is 0.0618. The molecule has 3 heterocycles. The van der Waals surface area contributed by atoms with Gasteiger partial charge in [0.1, 0.15) is 18.1 Å². The van der Waals surface area contributed by atoms with Gasteiger partial charge >= 0.3 is 0 Å². The predicted molar refractivity (Wildman–Crippen MR) is 113 cm³/mol. The molecule has 1 saturated heterocycles. The molecule has 1 fully saturated rings. The number of likely N-dealkylation sites (N-methyl/N-ethyl adjacent to an activating group) is 1. The lowest BCUT2D eigenvalue weighted by Gasteiger charge is -2.35. The quantitative estimate of drug-likeness (QED) is 0.665. The first-order valence-corrected chi connectivity index (χ1v) is 9.97. The van der Waals surface area contributed by atoms with E-state index in [-0.39, 0.29) is 16.7 Å². The molecule has 9 heteroatoms. The van der Waals surface area contributed by atoms with Crippen molar-refractivity contribution >= 4 is 0 Å². The van der Waals surface area contributed by atoms with Gasteiger partial charge in [0.05, 0.1) is 11.1 Å². The van der Waals surface area contributed by atoms with Crippen molar-refractivity contribution in [3.8, 4) is 23.0 Å². The van der Waals surface area contributed by atoms with Crippen molar-refractivity contribution in [1.82, 2.24) is 24.6 Å². The first-order chi connectivity index (χ1) is 14.9. The van der Waals surface area contributed by atoms with Crippen LogP contribution < -0.4 is 5.56 Å². The molecule has 31 heavy (non-hydrogen) atoms. The molecular formula is C22H23FN6O2. The summed E-state index contributed by atoms with van der Waals surface area (Å²) in [5, 5.41) is 22.5. The molecule has 0 aliphatic carbocycles. The number of aryl methyl sites for hydroxylation is 1. The fourth-order valence-corrected chi connectivity index (χ4v) is 3.75. The van der Waals surface area contributed by atoms with Crippen molar-refractivity contribution in [1.29, 1.82) is 5.26 Å². The molecule has 0 bridgehead atoms. The van der Waals surface area contributed by atoms with Gasteiger partial charge in [-0.3, -0.25) is 14.8 Å². The highest BCUT2D eigenvalue weighted by Crippen LogP contribution is 2.24. The Labute approximate surface area is 178 Å². The average Bonchev–Trinajstić information content (AvgIpc) is 3.16. The zero-order valence-electron chi connectivity index (χ0n) is 17.3. The van der Waals surface area contributed by atoms with Crippen LogP contribution in [0.3, 0.4) is 0 Å². The van der Waals surface area contributed by atoms with Crippen LogP contribution in [0.2, 0.25) is 0 Å². The number of nitrogens with zero attached hydrogens (tertiary/aromatic N) is 5. The average molecular weight is 422 g/mol. The lowest BCUT2D eigenvalue weighted by molar-refractivity contribution is -0.0234. The molecule has 1 aliphatic rings. The van der Waals surface area contributed by atoms with Crippen LogP contribution in [-0.2, 0) is 0 Å². The molecule has 3 aromatic rings. The van der Waals surface area contributed by atoms with E-state index in [1.807, 2.05) is 4.90 Å². The normalized spacial score (nSPS) is 16.2. The second-order valence-corrected chi connectivity index (χ2v) is 7.75. The van der Waals surface area contributed by atoms with E-state index >= 15 is 0 Å². The smallest absolute Gasteiger partial charge is 0.280 e. The Hall–Kier alpha value is -3.32. The zero-order valence-corrected chi connectivity index (χ0v) is 17.3. The lowest BCUT2D eigenvalue weighted by atomic mass is 10.0. The van der Waals surface area contributed by atoms with E-state index in [4.69, 9.17) is 5.26 Å². The number of aliphatic hydroxyl groups is 1. The molecule has 0 amide bonds. The molecule has 160 valence electrons. The number of hydrogen-bond acceptors (Lipinski definition) is 6. The van der Waals surface area contributed by atoms with Gasteiger partial charge in [-0.05, 0) is 49.4 Å². The predicted octanol–water partition coefficient (Wildman–Crippen LogP) is 1.79. The molecule has 8 nitrogen and oxygen atoms in total. The third-order valence-corrected chi connectivity index (χ3v) is 5.68. The van der Waals surface area contributed by atoms with Crippen molar-refractivity contribution < 1.29 is 9.50 Å². The molecule has 0 spiro atoms. The van der Waals surface area contributed by atoms with Crippen LogP contribution >= 0.6 is 0 Å². The van der Waals surface area contributed by atoms with Gasteiger partial charge in [-0.25, -0.2) is 14.1 Å². The van der Waals surface area contributed by atoms with Crippen molar-refractivity contribution in [2.45, 2.75) is 13.2 Å². The highest BCUT2D eigenvalue weighted by molar-refractivity contribution is 5.67. The summed E-state index contributed by atoms with van der Waals surface area (Å²) in [4.78, 5) is 21.5. The van der Waals surface area contributed by atoms with Gasteiger partial charge < -0.3 is 10.0 Å². The third-order valence-electron chi connectivity index (χ3n) is 5.68. The van der Waals surface area contributed by atoms with E-state index in [9.17, 15) is 14.3 Å². The highest BCUT2D eigenvalue weighted by Gasteiger charge is 2.22. The SMILES string of the molecule is Cc1cc(C#N)c(F)cc1-c1c[nH]n(-c2ccc(C(O)N3CCN(C)CC3)cn2)c1=O. The Balaban J connectivity index is 1.59. The van der Waals surface area contributed by atoms with Gasteiger partial charge in [0.2, 0.25) is 0 Å². The van der Waals surface area contributed by atoms with Crippen LogP contribution in [0.25, 0.3) is 16.9 Å². The van der Waals surface area contributed by atoms with Crippen LogP contribution in [-0.4, -0.2) is 62.9 Å². The number of aromatic amines is 1. The van der Waals surface area contributed by atoms with E-state index < -0.39 is 12.0 Å². The molecular weight excluding hydrogens is 399 g/mol. The number of rotatable bonds is 4. The standard InChI is InChI=1S/C22H23FN6O2/c1-14-9-16(11-24)19(23)10-17(14)18-13-26-29(22(18)31)20-4-3-15(12-25-20)21(30)28-7-5-27(2)6-8-28/h3-4,9-10,12-13,21,26,30H,5-8H2,1-2H3. The first-order valence-electron chi connectivity index (χ1n) is 9.97. The maximum atomic E-state index is 14.1. The maximum absolute atomic E-state index is 14.1. The molecule has 1 atom stereocenters. The van der Waals surface area contributed by atoms with Gasteiger partial charge in [-0.1, -0.05) is 0 Å². The minimum Gasteiger partial charge on any atom is -0.374 e. The summed E-state index contributed by atoms with van der Waals surface area (Å²) in [5.74, 6) is -0.312. The van der Waals surface area contributed by atoms with Crippen molar-refractivity contribution in [2.24, 2.45) is 0 Å². The number of H-pyrrole nitrogens is 1. The maximum Gasteiger partial charge on any atom is 0.280 e. The molecule has 1 unspecified atom stereocenters. The summed E-state index contributed by atoms with van der Waals surface area (Å²) in [6, 6.07) is 7.82. The number of nitrogens with one attached hydrogen (secondary N) is 1. The van der Waals surface area contributed by atoms with Crippen LogP contribution in [0, 0.1) is 24.1 Å². The van der Waals surface area contributed by atoms with Crippen molar-refractivity contribution in [3.05, 3.63) is 69.5 Å². The molecule has 0 radical (unpaired) electrons. The Kier molecular flexibility index (Phi) is 5.69. The van der Waals surface area contributed by atoms with Gasteiger partial charge in [0.25, 0.3) is 5.56 Å². The third kappa shape index (κ3) is 4.01. The summed E-state index contributed by atoms with van der Waals surface area (Å²) in [6.07, 6.45) is 2.29. The first kappa shape index (κ1) is 20.9. The summed E-state index contributed by atoms with van der Waals surface area (Å²) >= 11 is 0. The van der Waals surface area contributed by atoms with E-state index in [1.54, 1.807) is 31.3 Å². The summed E-state index contributed by atoms with van der Waals surface area (Å²) in [7, 11) is 2.05. The van der Waals surface area contributed by atoms with E-state index in [1.165, 1.54) is 23.0 Å². The Morgan fingerprint density at radius 1 is 1.23 bits per heavy atom. The highest BCUT2D eigenvalue weighted by atomic mass is 19.1. The monoisotopic (exact) mass is 422 g/mol. The number of benzene rings is 1. The largest absolute Gasteiger partial charge is 0.374 e. The number of aliphatic hydroxyl groups excluding tert-OH is 1. The minimum atomic E-state index is -0.754. The van der Waals surface area contributed by atoms with E-state index in [0.29, 0.717) is 22.5 Å². The summed E-state index contributed by atoms with van der Waals surface area (Å²) in [6.45, 7) is 5.02. The van der Waals surface area contributed by atoms with Gasteiger partial charge in [0, 0.05) is 44.1 Å². The number of halogens is 1. The Bertz CT molecular complexity index is 1190. The molecule has 2 N–H and O–H groups in total. The van der Waals surface area contributed by atoms with Crippen LogP contribution in [0.5, 0.6) is 0 Å². The number of nitriles is 1. The van der Waals surface area contributed by atoms with Crippen molar-refractivity contribution in [3.63, 3.8) is 0 Å². The topological polar surface area (TPSA) is 101 Å². The molecule has 2 aromatic heterocycles. The molecule has 1 aliphatic heterocycles. The van der Waals surface area contributed by atoms with Crippen molar-refractivity contribution in [2.75, 3.05) is 33.2 Å². The van der Waals surface area contributed by atoms with Gasteiger partial charge in [-0.2, -0.15) is 5.26 Å². The number of piperazine rings is 1. The van der Waals surface area contributed by atoms with Gasteiger partial charge in [-0.15, -0.1) is 0 Å². The molecule has 0 saturated carbocycles. The van der Waals surface area contributed by atoms with E-state index in [0.717, 1.165) is 26.2 Å². The number of aromatic nitrogens is 3. The van der Waals surface area contributed by atoms with Gasteiger partial charge in [0.15, 0.2) is 5.82 Å². The lowest BCUT2D eigenvalue weighted by Crippen LogP contribution is -2.45. The molecule has 4 rings (SSSR count). The fraction of sp³-hybridized carbons (Fsp3) is 0.318. The van der Waals surface area contributed by atoms with E-state index in [2.05, 4.69) is 22.0 Å². The number of pyridine rings is 1. The number of hydrogen-bond donors (Lipinski definition) is 2. The zero-order chi connectivity index (χ0) is 22.1. The van der Waals surface area contributed by atoms with Crippen LogP contribution in [0.15, 0.2) is 41.5 Å². The van der Waals surface area contributed by atoms with Crippen LogP contribution in [0.4, 0.5) is 4.39 Å². The van der Waals surface area contributed by atoms with Crippen LogP contribution in [0.1, 0.15) is 22.9 Å². The second kappa shape index (κ2) is 8.43. The fourth-order valence-electron chi connectivity index (χ4n) is 3.75. The summed E-state index contributed by atoms with van der Waals surface area (Å²) in [5.41, 5.74) is 1.53.